The summed E-state index contributed by atoms with van der Waals surface area (Å²) in [6, 6.07) is 29.8. The minimum absolute atomic E-state index is 0.149. The molecule has 3 aromatic rings. The molecule has 1 amide bonds. The zero-order valence-corrected chi connectivity index (χ0v) is 21.0. The van der Waals surface area contributed by atoms with E-state index in [9.17, 15) is 4.79 Å². The maximum Gasteiger partial charge on any atom is 0.225 e. The number of halogens is 1. The van der Waals surface area contributed by atoms with Gasteiger partial charge in [0.1, 0.15) is 0 Å². The number of rotatable bonds is 6. The fourth-order valence-corrected chi connectivity index (χ4v) is 5.79. The van der Waals surface area contributed by atoms with Gasteiger partial charge in [0, 0.05) is 43.7 Å². The van der Waals surface area contributed by atoms with Crippen molar-refractivity contribution in [2.45, 2.75) is 25.4 Å². The molecule has 2 heterocycles. The Bertz CT molecular complexity index is 1050. The monoisotopic (exact) mass is 487 g/mol. The standard InChI is InChI=1S/C30H34ClN3O/c31-28-13-7-8-24(22-28)23-32-16-14-27(15-17-32)30(35)34-20-18-33(19-21-34)29(25-9-3-1-4-10-25)26-11-5-2-6-12-26/h1-13,22,27,29H,14-21,23H2. The third kappa shape index (κ3) is 5.95. The van der Waals surface area contributed by atoms with Crippen molar-refractivity contribution in [1.29, 1.82) is 0 Å². The molecular weight excluding hydrogens is 454 g/mol. The molecule has 0 radical (unpaired) electrons. The number of carbonyl (C=O) groups is 1. The zero-order valence-electron chi connectivity index (χ0n) is 20.2. The molecule has 4 nitrogen and oxygen atoms in total. The SMILES string of the molecule is O=C(C1CCN(Cc2cccc(Cl)c2)CC1)N1CCN(C(c2ccccc2)c2ccccc2)CC1. The van der Waals surface area contributed by atoms with E-state index in [2.05, 4.69) is 81.4 Å². The predicted molar refractivity (Wildman–Crippen MR) is 142 cm³/mol. The summed E-state index contributed by atoms with van der Waals surface area (Å²) in [6.07, 6.45) is 1.88. The second kappa shape index (κ2) is 11.4. The van der Waals surface area contributed by atoms with Crippen LogP contribution < -0.4 is 0 Å². The van der Waals surface area contributed by atoms with E-state index < -0.39 is 0 Å². The van der Waals surface area contributed by atoms with Gasteiger partial charge >= 0.3 is 0 Å². The van der Waals surface area contributed by atoms with Crippen molar-refractivity contribution in [3.63, 3.8) is 0 Å². The van der Waals surface area contributed by atoms with Crippen LogP contribution >= 0.6 is 11.6 Å². The molecule has 5 heteroatoms. The molecule has 0 aliphatic carbocycles. The van der Waals surface area contributed by atoms with Gasteiger partial charge in [-0.05, 0) is 54.8 Å². The van der Waals surface area contributed by atoms with Crippen LogP contribution in [0.5, 0.6) is 0 Å². The molecule has 2 saturated heterocycles. The van der Waals surface area contributed by atoms with Crippen molar-refractivity contribution in [1.82, 2.24) is 14.7 Å². The Kier molecular flexibility index (Phi) is 7.82. The fourth-order valence-electron chi connectivity index (χ4n) is 5.57. The van der Waals surface area contributed by atoms with Crippen molar-refractivity contribution in [2.24, 2.45) is 5.92 Å². The predicted octanol–water partition coefficient (Wildman–Crippen LogP) is 5.49. The van der Waals surface area contributed by atoms with Crippen molar-refractivity contribution in [3.8, 4) is 0 Å². The first kappa shape index (κ1) is 24.1. The molecule has 2 fully saturated rings. The largest absolute Gasteiger partial charge is 0.340 e. The van der Waals surface area contributed by atoms with Crippen molar-refractivity contribution in [3.05, 3.63) is 107 Å². The first-order valence-electron chi connectivity index (χ1n) is 12.8. The molecule has 35 heavy (non-hydrogen) atoms. The van der Waals surface area contributed by atoms with Crippen LogP contribution in [0.2, 0.25) is 5.02 Å². The third-order valence-corrected chi connectivity index (χ3v) is 7.69. The van der Waals surface area contributed by atoms with Gasteiger partial charge in [0.2, 0.25) is 5.91 Å². The highest BCUT2D eigenvalue weighted by molar-refractivity contribution is 6.30. The molecule has 3 aromatic carbocycles. The van der Waals surface area contributed by atoms with Gasteiger partial charge < -0.3 is 4.90 Å². The topological polar surface area (TPSA) is 26.8 Å². The number of amides is 1. The van der Waals surface area contributed by atoms with Gasteiger partial charge in [-0.2, -0.15) is 0 Å². The van der Waals surface area contributed by atoms with Crippen LogP contribution in [0.15, 0.2) is 84.9 Å². The number of piperazine rings is 1. The van der Waals surface area contributed by atoms with E-state index in [0.717, 1.165) is 63.7 Å². The lowest BCUT2D eigenvalue weighted by Crippen LogP contribution is -2.52. The van der Waals surface area contributed by atoms with E-state index in [-0.39, 0.29) is 12.0 Å². The lowest BCUT2D eigenvalue weighted by molar-refractivity contribution is -0.139. The Morgan fingerprint density at radius 2 is 1.37 bits per heavy atom. The average molecular weight is 488 g/mol. The molecule has 0 aromatic heterocycles. The minimum atomic E-state index is 0.149. The molecule has 2 aliphatic heterocycles. The number of hydrogen-bond acceptors (Lipinski definition) is 3. The maximum absolute atomic E-state index is 13.4. The second-order valence-electron chi connectivity index (χ2n) is 9.77. The van der Waals surface area contributed by atoms with Gasteiger partial charge in [-0.1, -0.05) is 84.4 Å². The summed E-state index contributed by atoms with van der Waals surface area (Å²) in [4.78, 5) is 20.4. The summed E-state index contributed by atoms with van der Waals surface area (Å²) >= 11 is 6.14. The van der Waals surface area contributed by atoms with Gasteiger partial charge in [0.15, 0.2) is 0 Å². The molecule has 182 valence electrons. The number of hydrogen-bond donors (Lipinski definition) is 0. The Labute approximate surface area is 214 Å². The molecule has 0 saturated carbocycles. The average Bonchev–Trinajstić information content (AvgIpc) is 2.91. The Hall–Kier alpha value is -2.66. The first-order chi connectivity index (χ1) is 17.2. The van der Waals surface area contributed by atoms with E-state index in [1.54, 1.807) is 0 Å². The summed E-state index contributed by atoms with van der Waals surface area (Å²) in [6.45, 7) is 6.23. The van der Waals surface area contributed by atoms with E-state index in [1.807, 2.05) is 18.2 Å². The van der Waals surface area contributed by atoms with Gasteiger partial charge in [-0.3, -0.25) is 14.6 Å². The van der Waals surface area contributed by atoms with Gasteiger partial charge in [-0.25, -0.2) is 0 Å². The molecule has 2 aliphatic rings. The number of carbonyl (C=O) groups excluding carboxylic acids is 1. The normalized spacial score (nSPS) is 18.2. The van der Waals surface area contributed by atoms with Gasteiger partial charge in [-0.15, -0.1) is 0 Å². The summed E-state index contributed by atoms with van der Waals surface area (Å²) in [5.41, 5.74) is 3.86. The lowest BCUT2D eigenvalue weighted by atomic mass is 9.94. The van der Waals surface area contributed by atoms with Crippen LogP contribution in [0, 0.1) is 5.92 Å². The Balaban J connectivity index is 1.16. The minimum Gasteiger partial charge on any atom is -0.340 e. The highest BCUT2D eigenvalue weighted by Crippen LogP contribution is 2.30. The van der Waals surface area contributed by atoms with Crippen molar-refractivity contribution >= 4 is 17.5 Å². The van der Waals surface area contributed by atoms with Crippen LogP contribution in [-0.2, 0) is 11.3 Å². The summed E-state index contributed by atoms with van der Waals surface area (Å²) in [7, 11) is 0. The maximum atomic E-state index is 13.4. The highest BCUT2D eigenvalue weighted by atomic mass is 35.5. The second-order valence-corrected chi connectivity index (χ2v) is 10.2. The van der Waals surface area contributed by atoms with Gasteiger partial charge in [0.05, 0.1) is 6.04 Å². The van der Waals surface area contributed by atoms with Crippen molar-refractivity contribution in [2.75, 3.05) is 39.3 Å². The molecule has 0 unspecified atom stereocenters. The Morgan fingerprint density at radius 1 is 0.771 bits per heavy atom. The van der Waals surface area contributed by atoms with Crippen LogP contribution in [0.1, 0.15) is 35.6 Å². The van der Waals surface area contributed by atoms with E-state index in [1.165, 1.54) is 16.7 Å². The Morgan fingerprint density at radius 3 is 1.94 bits per heavy atom. The van der Waals surface area contributed by atoms with Crippen LogP contribution in [0.3, 0.4) is 0 Å². The van der Waals surface area contributed by atoms with Crippen LogP contribution in [0.4, 0.5) is 0 Å². The summed E-state index contributed by atoms with van der Waals surface area (Å²) in [5, 5.41) is 0.786. The zero-order chi connectivity index (χ0) is 24.0. The van der Waals surface area contributed by atoms with Crippen LogP contribution in [0.25, 0.3) is 0 Å². The quantitative estimate of drug-likeness (QED) is 0.460. The van der Waals surface area contributed by atoms with E-state index in [4.69, 9.17) is 11.6 Å². The smallest absolute Gasteiger partial charge is 0.225 e. The van der Waals surface area contributed by atoms with Gasteiger partial charge in [0.25, 0.3) is 0 Å². The van der Waals surface area contributed by atoms with Crippen molar-refractivity contribution < 1.29 is 4.79 Å². The molecule has 0 N–H and O–H groups in total. The van der Waals surface area contributed by atoms with E-state index >= 15 is 0 Å². The van der Waals surface area contributed by atoms with Crippen LogP contribution in [-0.4, -0.2) is 59.9 Å². The van der Waals surface area contributed by atoms with E-state index in [0.29, 0.717) is 5.91 Å². The summed E-state index contributed by atoms with van der Waals surface area (Å²) in [5.74, 6) is 0.499. The third-order valence-electron chi connectivity index (χ3n) is 7.45. The molecule has 5 rings (SSSR count). The highest BCUT2D eigenvalue weighted by Gasteiger charge is 2.32. The number of piperidine rings is 1. The first-order valence-corrected chi connectivity index (χ1v) is 13.1. The number of likely N-dealkylation sites (tertiary alicyclic amines) is 1. The number of nitrogens with zero attached hydrogens (tertiary/aromatic N) is 3. The summed E-state index contributed by atoms with van der Waals surface area (Å²) < 4.78 is 0. The number of benzene rings is 3. The molecule has 0 atom stereocenters. The molecule has 0 spiro atoms. The molecule has 0 bridgehead atoms. The fraction of sp³-hybridized carbons (Fsp3) is 0.367. The lowest BCUT2D eigenvalue weighted by Gasteiger charge is -2.41. The molecular formula is C30H34ClN3O.